The number of hydrogen-bond acceptors (Lipinski definition) is 6. The molecule has 0 aliphatic heterocycles. The van der Waals surface area contributed by atoms with Crippen LogP contribution in [0.3, 0.4) is 0 Å². The highest BCUT2D eigenvalue weighted by molar-refractivity contribution is 7.89. The van der Waals surface area contributed by atoms with E-state index in [4.69, 9.17) is 9.47 Å². The van der Waals surface area contributed by atoms with Crippen molar-refractivity contribution < 1.29 is 32.6 Å². The Morgan fingerprint density at radius 3 is 2.48 bits per heavy atom. The highest BCUT2D eigenvalue weighted by atomic mass is 32.2. The predicted octanol–water partition coefficient (Wildman–Crippen LogP) is 1.79. The average Bonchev–Trinajstić information content (AvgIpc) is 2.57. The second-order valence-electron chi connectivity index (χ2n) is 5.24. The molecule has 1 aromatic carbocycles. The summed E-state index contributed by atoms with van der Waals surface area (Å²) in [4.78, 5) is 22.8. The molecule has 8 nitrogen and oxygen atoms in total. The molecule has 0 bridgehead atoms. The lowest BCUT2D eigenvalue weighted by atomic mass is 10.1. The zero-order chi connectivity index (χ0) is 19.0. The first-order chi connectivity index (χ1) is 11.8. The first kappa shape index (κ1) is 20.9. The number of hydrogen-bond donors (Lipinski definition) is 2. The normalized spacial score (nSPS) is 12.4. The van der Waals surface area contributed by atoms with Gasteiger partial charge in [0.25, 0.3) is 0 Å². The van der Waals surface area contributed by atoms with E-state index in [0.29, 0.717) is 6.42 Å². The van der Waals surface area contributed by atoms with E-state index in [2.05, 4.69) is 4.72 Å². The number of ether oxygens (including phenoxy) is 2. The maximum absolute atomic E-state index is 12.6. The van der Waals surface area contributed by atoms with Gasteiger partial charge in [0.2, 0.25) is 10.0 Å². The maximum atomic E-state index is 12.6. The van der Waals surface area contributed by atoms with Crippen LogP contribution < -0.4 is 9.46 Å². The van der Waals surface area contributed by atoms with Crippen molar-refractivity contribution in [2.75, 3.05) is 13.7 Å². The first-order valence-corrected chi connectivity index (χ1v) is 9.35. The van der Waals surface area contributed by atoms with Crippen LogP contribution in [0.1, 0.15) is 43.5 Å². The summed E-state index contributed by atoms with van der Waals surface area (Å²) in [6.45, 7) is 3.65. The fraction of sp³-hybridized carbons (Fsp3) is 0.500. The molecule has 0 amide bonds. The number of nitrogens with one attached hydrogen (secondary N) is 1. The summed E-state index contributed by atoms with van der Waals surface area (Å²) in [6, 6.07) is 2.54. The Balaban J connectivity index is 3.23. The number of carbonyl (C=O) groups is 2. The number of carbonyl (C=O) groups excluding carboxylic acids is 1. The molecule has 1 atom stereocenters. The smallest absolute Gasteiger partial charge is 0.338 e. The quantitative estimate of drug-likeness (QED) is 0.600. The SMILES string of the molecule is CCCCC(NS(=O)(=O)c1cc(C(=O)OCC)ccc1OC)C(=O)O. The number of esters is 1. The molecular formula is C16H23NO7S. The lowest BCUT2D eigenvalue weighted by Gasteiger charge is -2.16. The van der Waals surface area contributed by atoms with E-state index in [1.807, 2.05) is 6.92 Å². The molecule has 0 fully saturated rings. The van der Waals surface area contributed by atoms with Crippen LogP contribution in [-0.2, 0) is 19.6 Å². The summed E-state index contributed by atoms with van der Waals surface area (Å²) in [5.74, 6) is -1.94. The largest absolute Gasteiger partial charge is 0.495 e. The third-order valence-electron chi connectivity index (χ3n) is 3.41. The van der Waals surface area contributed by atoms with E-state index in [1.54, 1.807) is 6.92 Å². The van der Waals surface area contributed by atoms with Gasteiger partial charge in [-0.15, -0.1) is 0 Å². The Hall–Kier alpha value is -2.13. The minimum Gasteiger partial charge on any atom is -0.495 e. The highest BCUT2D eigenvalue weighted by Gasteiger charge is 2.28. The van der Waals surface area contributed by atoms with Crippen LogP contribution in [0.15, 0.2) is 23.1 Å². The van der Waals surface area contributed by atoms with E-state index in [-0.39, 0.29) is 29.2 Å². The van der Waals surface area contributed by atoms with Crippen molar-refractivity contribution in [3.05, 3.63) is 23.8 Å². The summed E-state index contributed by atoms with van der Waals surface area (Å²) in [5.41, 5.74) is 0.0310. The second-order valence-corrected chi connectivity index (χ2v) is 6.92. The van der Waals surface area contributed by atoms with Crippen molar-refractivity contribution in [1.82, 2.24) is 4.72 Å². The van der Waals surface area contributed by atoms with E-state index in [0.717, 1.165) is 12.5 Å². The van der Waals surface area contributed by atoms with Crippen molar-refractivity contribution >= 4 is 22.0 Å². The van der Waals surface area contributed by atoms with E-state index >= 15 is 0 Å². The van der Waals surface area contributed by atoms with Gasteiger partial charge in [0.15, 0.2) is 0 Å². The number of sulfonamides is 1. The highest BCUT2D eigenvalue weighted by Crippen LogP contribution is 2.26. The van der Waals surface area contributed by atoms with E-state index < -0.39 is 28.0 Å². The van der Waals surface area contributed by atoms with Gasteiger partial charge in [0.05, 0.1) is 19.3 Å². The van der Waals surface area contributed by atoms with Crippen molar-refractivity contribution in [3.63, 3.8) is 0 Å². The Bertz CT molecular complexity index is 715. The van der Waals surface area contributed by atoms with Gasteiger partial charge in [0, 0.05) is 0 Å². The fourth-order valence-corrected chi connectivity index (χ4v) is 3.54. The van der Waals surface area contributed by atoms with Crippen LogP contribution in [0, 0.1) is 0 Å². The monoisotopic (exact) mass is 373 g/mol. The molecule has 2 N–H and O–H groups in total. The van der Waals surface area contributed by atoms with Crippen LogP contribution in [-0.4, -0.2) is 45.2 Å². The molecule has 1 aromatic rings. The topological polar surface area (TPSA) is 119 Å². The van der Waals surface area contributed by atoms with E-state index in [1.165, 1.54) is 19.2 Å². The van der Waals surface area contributed by atoms with Crippen LogP contribution in [0.25, 0.3) is 0 Å². The van der Waals surface area contributed by atoms with Gasteiger partial charge >= 0.3 is 11.9 Å². The van der Waals surface area contributed by atoms with Gasteiger partial charge in [-0.3, -0.25) is 4.79 Å². The van der Waals surface area contributed by atoms with Crippen molar-refractivity contribution in [3.8, 4) is 5.75 Å². The lowest BCUT2D eigenvalue weighted by molar-refractivity contribution is -0.139. The number of benzene rings is 1. The van der Waals surface area contributed by atoms with Crippen LogP contribution in [0.4, 0.5) is 0 Å². The van der Waals surface area contributed by atoms with Gasteiger partial charge in [-0.05, 0) is 31.5 Å². The van der Waals surface area contributed by atoms with Gasteiger partial charge in [0.1, 0.15) is 16.7 Å². The molecule has 0 aromatic heterocycles. The number of carboxylic acid groups (broad SMARTS) is 1. The van der Waals surface area contributed by atoms with Crippen LogP contribution in [0.5, 0.6) is 5.75 Å². The molecule has 140 valence electrons. The standard InChI is InChI=1S/C16H23NO7S/c1-4-6-7-12(15(18)19)17-25(21,22)14-10-11(16(20)24-5-2)8-9-13(14)23-3/h8-10,12,17H,4-7H2,1-3H3,(H,18,19). The van der Waals surface area contributed by atoms with Gasteiger partial charge in [-0.1, -0.05) is 19.8 Å². The summed E-state index contributed by atoms with van der Waals surface area (Å²) in [7, 11) is -2.93. The first-order valence-electron chi connectivity index (χ1n) is 7.87. The Kier molecular flexibility index (Phi) is 7.85. The summed E-state index contributed by atoms with van der Waals surface area (Å²) < 4.78 is 37.3. The number of rotatable bonds is 10. The fourth-order valence-electron chi connectivity index (χ4n) is 2.12. The number of aliphatic carboxylic acids is 1. The molecule has 1 unspecified atom stereocenters. The summed E-state index contributed by atoms with van der Waals surface area (Å²) in [5, 5.41) is 9.22. The number of carboxylic acids is 1. The van der Waals surface area contributed by atoms with Crippen molar-refractivity contribution in [2.24, 2.45) is 0 Å². The molecule has 1 rings (SSSR count). The molecule has 25 heavy (non-hydrogen) atoms. The Morgan fingerprint density at radius 1 is 1.28 bits per heavy atom. The third kappa shape index (κ3) is 5.71. The predicted molar refractivity (Wildman–Crippen MR) is 90.2 cm³/mol. The second kappa shape index (κ2) is 9.38. The van der Waals surface area contributed by atoms with Gasteiger partial charge in [-0.25, -0.2) is 13.2 Å². The minimum absolute atomic E-state index is 0.000166. The van der Waals surface area contributed by atoms with Crippen LogP contribution in [0.2, 0.25) is 0 Å². The zero-order valence-electron chi connectivity index (χ0n) is 14.4. The Labute approximate surface area is 147 Å². The molecule has 0 spiro atoms. The summed E-state index contributed by atoms with van der Waals surface area (Å²) >= 11 is 0. The molecule has 9 heteroatoms. The van der Waals surface area contributed by atoms with Gasteiger partial charge < -0.3 is 14.6 Å². The van der Waals surface area contributed by atoms with Gasteiger partial charge in [-0.2, -0.15) is 4.72 Å². The third-order valence-corrected chi connectivity index (χ3v) is 4.90. The Morgan fingerprint density at radius 2 is 1.96 bits per heavy atom. The average molecular weight is 373 g/mol. The van der Waals surface area contributed by atoms with Crippen molar-refractivity contribution in [2.45, 2.75) is 44.0 Å². The molecule has 0 radical (unpaired) electrons. The molecule has 0 saturated carbocycles. The molecule has 0 heterocycles. The van der Waals surface area contributed by atoms with E-state index in [9.17, 15) is 23.1 Å². The number of methoxy groups -OCH3 is 1. The molecule has 0 aliphatic rings. The van der Waals surface area contributed by atoms with Crippen molar-refractivity contribution in [1.29, 1.82) is 0 Å². The van der Waals surface area contributed by atoms with Crippen LogP contribution >= 0.6 is 0 Å². The molecule has 0 saturated heterocycles. The summed E-state index contributed by atoms with van der Waals surface area (Å²) in [6.07, 6.45) is 1.44. The zero-order valence-corrected chi connectivity index (χ0v) is 15.3. The maximum Gasteiger partial charge on any atom is 0.338 e. The molecule has 0 aliphatic carbocycles. The minimum atomic E-state index is -4.21. The lowest BCUT2D eigenvalue weighted by Crippen LogP contribution is -2.40. The number of unbranched alkanes of at least 4 members (excludes halogenated alkanes) is 1. The molecular weight excluding hydrogens is 350 g/mol.